The van der Waals surface area contributed by atoms with Gasteiger partial charge < -0.3 is 14.5 Å². The van der Waals surface area contributed by atoms with Crippen molar-refractivity contribution < 1.29 is 0 Å². The van der Waals surface area contributed by atoms with Crippen molar-refractivity contribution in [1.29, 1.82) is 0 Å². The third-order valence-corrected chi connectivity index (χ3v) is 4.03. The zero-order valence-corrected chi connectivity index (χ0v) is 13.1. The summed E-state index contributed by atoms with van der Waals surface area (Å²) in [4.78, 5) is 4.26. The summed E-state index contributed by atoms with van der Waals surface area (Å²) in [7, 11) is 1.97. The molecule has 2 aromatic heterocycles. The Morgan fingerprint density at radius 2 is 2.05 bits per heavy atom. The molecule has 3 rings (SSSR count). The first-order valence-electron chi connectivity index (χ1n) is 7.08. The van der Waals surface area contributed by atoms with Crippen LogP contribution in [0.25, 0.3) is 10.9 Å². The van der Waals surface area contributed by atoms with Gasteiger partial charge >= 0.3 is 0 Å². The highest BCUT2D eigenvalue weighted by Crippen LogP contribution is 2.25. The fraction of sp³-hybridized carbons (Fsp3) is 0.312. The van der Waals surface area contributed by atoms with E-state index in [4.69, 9.17) is 11.6 Å². The monoisotopic (exact) mass is 302 g/mol. The highest BCUT2D eigenvalue weighted by atomic mass is 35.5. The number of imidazole rings is 1. The van der Waals surface area contributed by atoms with E-state index in [-0.39, 0.29) is 0 Å². The fourth-order valence-electron chi connectivity index (χ4n) is 2.71. The number of nitrogens with zero attached hydrogens (tertiary/aromatic N) is 3. The first kappa shape index (κ1) is 14.2. The lowest BCUT2D eigenvalue weighted by atomic mass is 10.2. The topological polar surface area (TPSA) is 34.8 Å². The van der Waals surface area contributed by atoms with Gasteiger partial charge in [-0.2, -0.15) is 0 Å². The molecule has 4 nitrogen and oxygen atoms in total. The van der Waals surface area contributed by atoms with Crippen LogP contribution in [0.5, 0.6) is 0 Å². The van der Waals surface area contributed by atoms with E-state index < -0.39 is 0 Å². The van der Waals surface area contributed by atoms with E-state index in [9.17, 15) is 0 Å². The first-order valence-corrected chi connectivity index (χ1v) is 7.46. The number of aryl methyl sites for hydroxylation is 3. The number of aromatic nitrogens is 3. The zero-order chi connectivity index (χ0) is 14.8. The van der Waals surface area contributed by atoms with Gasteiger partial charge in [0, 0.05) is 54.2 Å². The predicted molar refractivity (Wildman–Crippen MR) is 86.7 cm³/mol. The summed E-state index contributed by atoms with van der Waals surface area (Å²) < 4.78 is 4.43. The van der Waals surface area contributed by atoms with Gasteiger partial charge in [-0.1, -0.05) is 17.7 Å². The molecule has 21 heavy (non-hydrogen) atoms. The van der Waals surface area contributed by atoms with Crippen LogP contribution in [0.1, 0.15) is 11.4 Å². The molecular weight excluding hydrogens is 284 g/mol. The van der Waals surface area contributed by atoms with Crippen molar-refractivity contribution >= 4 is 22.5 Å². The Bertz CT molecular complexity index is 757. The maximum Gasteiger partial charge on any atom is 0.105 e. The van der Waals surface area contributed by atoms with Crippen LogP contribution in [0.4, 0.5) is 0 Å². The van der Waals surface area contributed by atoms with Crippen LogP contribution in [-0.2, 0) is 19.6 Å². The molecule has 0 aliphatic rings. The summed E-state index contributed by atoms with van der Waals surface area (Å²) in [6, 6.07) is 6.09. The van der Waals surface area contributed by atoms with Gasteiger partial charge in [-0.25, -0.2) is 4.98 Å². The summed E-state index contributed by atoms with van der Waals surface area (Å²) in [6.45, 7) is 4.69. The highest BCUT2D eigenvalue weighted by molar-refractivity contribution is 6.31. The molecule has 0 bridgehead atoms. The lowest BCUT2D eigenvalue weighted by Crippen LogP contribution is -2.07. The number of fused-ring (bicyclic) bond motifs is 1. The first-order chi connectivity index (χ1) is 10.2. The smallest absolute Gasteiger partial charge is 0.105 e. The molecule has 1 aromatic carbocycles. The van der Waals surface area contributed by atoms with Crippen LogP contribution >= 0.6 is 11.6 Å². The molecule has 0 radical (unpaired) electrons. The van der Waals surface area contributed by atoms with Gasteiger partial charge in [0.05, 0.1) is 0 Å². The molecular formula is C16H19ClN4. The standard InChI is InChI=1S/C16H19ClN4/c1-12-19-5-6-20(12)7-8-21-11-13(10-18-2)15-4-3-14(17)9-16(15)21/h3-6,9,11,18H,7-8,10H2,1-2H3. The maximum atomic E-state index is 6.16. The SMILES string of the molecule is CNCc1cn(CCn2ccnc2C)c2cc(Cl)ccc12. The van der Waals surface area contributed by atoms with E-state index in [2.05, 4.69) is 31.7 Å². The average molecular weight is 303 g/mol. The van der Waals surface area contributed by atoms with Gasteiger partial charge in [0.15, 0.2) is 0 Å². The van der Waals surface area contributed by atoms with Gasteiger partial charge in [-0.15, -0.1) is 0 Å². The number of benzene rings is 1. The summed E-state index contributed by atoms with van der Waals surface area (Å²) in [6.07, 6.45) is 6.07. The van der Waals surface area contributed by atoms with Crippen LogP contribution < -0.4 is 5.32 Å². The minimum atomic E-state index is 0.775. The van der Waals surface area contributed by atoms with E-state index in [0.29, 0.717) is 0 Å². The van der Waals surface area contributed by atoms with Crippen molar-refractivity contribution in [1.82, 2.24) is 19.4 Å². The van der Waals surface area contributed by atoms with Crippen LogP contribution in [0.2, 0.25) is 5.02 Å². The summed E-state index contributed by atoms with van der Waals surface area (Å²) in [5.41, 5.74) is 2.48. The van der Waals surface area contributed by atoms with Crippen molar-refractivity contribution in [2.45, 2.75) is 26.6 Å². The van der Waals surface area contributed by atoms with Crippen molar-refractivity contribution in [3.05, 3.63) is 53.2 Å². The molecule has 0 saturated heterocycles. The average Bonchev–Trinajstić information content (AvgIpc) is 3.01. The molecule has 0 aliphatic heterocycles. The van der Waals surface area contributed by atoms with Crippen molar-refractivity contribution in [2.75, 3.05) is 7.05 Å². The minimum Gasteiger partial charge on any atom is -0.345 e. The number of nitrogens with one attached hydrogen (secondary N) is 1. The Hall–Kier alpha value is -1.78. The lowest BCUT2D eigenvalue weighted by molar-refractivity contribution is 0.578. The summed E-state index contributed by atoms with van der Waals surface area (Å²) in [5.74, 6) is 1.04. The fourth-order valence-corrected chi connectivity index (χ4v) is 2.88. The second kappa shape index (κ2) is 5.92. The Labute approximate surface area is 129 Å². The second-order valence-electron chi connectivity index (χ2n) is 5.21. The van der Waals surface area contributed by atoms with E-state index in [0.717, 1.165) is 30.5 Å². The van der Waals surface area contributed by atoms with Gasteiger partial charge in [-0.3, -0.25) is 0 Å². The van der Waals surface area contributed by atoms with E-state index >= 15 is 0 Å². The third-order valence-electron chi connectivity index (χ3n) is 3.80. The normalized spacial score (nSPS) is 11.4. The Balaban J connectivity index is 1.93. The van der Waals surface area contributed by atoms with E-state index in [1.807, 2.05) is 38.5 Å². The quantitative estimate of drug-likeness (QED) is 0.785. The van der Waals surface area contributed by atoms with Crippen LogP contribution in [0, 0.1) is 6.92 Å². The largest absolute Gasteiger partial charge is 0.345 e. The third kappa shape index (κ3) is 2.82. The molecule has 0 saturated carbocycles. The van der Waals surface area contributed by atoms with Crippen LogP contribution in [-0.4, -0.2) is 21.2 Å². The van der Waals surface area contributed by atoms with Gasteiger partial charge in [-0.05, 0) is 31.7 Å². The van der Waals surface area contributed by atoms with E-state index in [1.54, 1.807) is 0 Å². The molecule has 0 spiro atoms. The molecule has 0 fully saturated rings. The minimum absolute atomic E-state index is 0.775. The number of halogens is 1. The van der Waals surface area contributed by atoms with Gasteiger partial charge in [0.1, 0.15) is 5.82 Å². The van der Waals surface area contributed by atoms with Crippen molar-refractivity contribution in [3.8, 4) is 0 Å². The lowest BCUT2D eigenvalue weighted by Gasteiger charge is -2.08. The maximum absolute atomic E-state index is 6.16. The Morgan fingerprint density at radius 3 is 2.76 bits per heavy atom. The second-order valence-corrected chi connectivity index (χ2v) is 5.64. The number of hydrogen-bond donors (Lipinski definition) is 1. The Kier molecular flexibility index (Phi) is 3.99. The van der Waals surface area contributed by atoms with Crippen LogP contribution in [0.3, 0.4) is 0 Å². The molecule has 2 heterocycles. The molecule has 0 atom stereocenters. The predicted octanol–water partition coefficient (Wildman–Crippen LogP) is 3.22. The van der Waals surface area contributed by atoms with Gasteiger partial charge in [0.2, 0.25) is 0 Å². The molecule has 0 amide bonds. The summed E-state index contributed by atoms with van der Waals surface area (Å²) in [5, 5.41) is 5.26. The molecule has 0 unspecified atom stereocenters. The van der Waals surface area contributed by atoms with Gasteiger partial charge in [0.25, 0.3) is 0 Å². The van der Waals surface area contributed by atoms with Crippen LogP contribution in [0.15, 0.2) is 36.8 Å². The number of hydrogen-bond acceptors (Lipinski definition) is 2. The Morgan fingerprint density at radius 1 is 1.24 bits per heavy atom. The van der Waals surface area contributed by atoms with Crippen molar-refractivity contribution in [3.63, 3.8) is 0 Å². The zero-order valence-electron chi connectivity index (χ0n) is 12.3. The summed E-state index contributed by atoms with van der Waals surface area (Å²) >= 11 is 6.16. The molecule has 5 heteroatoms. The molecule has 0 aliphatic carbocycles. The molecule has 1 N–H and O–H groups in total. The van der Waals surface area contributed by atoms with Crippen molar-refractivity contribution in [2.24, 2.45) is 0 Å². The molecule has 110 valence electrons. The number of rotatable bonds is 5. The highest BCUT2D eigenvalue weighted by Gasteiger charge is 2.09. The molecule has 3 aromatic rings. The van der Waals surface area contributed by atoms with E-state index in [1.165, 1.54) is 16.5 Å².